The number of para-hydroxylation sites is 1. The predicted molar refractivity (Wildman–Crippen MR) is 101 cm³/mol. The lowest BCUT2D eigenvalue weighted by atomic mass is 10.1. The van der Waals surface area contributed by atoms with Crippen LogP contribution in [0.25, 0.3) is 0 Å². The zero-order chi connectivity index (χ0) is 19.6. The van der Waals surface area contributed by atoms with Gasteiger partial charge in [-0.15, -0.1) is 0 Å². The number of carbonyl (C=O) groups excluding carboxylic acids is 1. The van der Waals surface area contributed by atoms with E-state index >= 15 is 0 Å². The van der Waals surface area contributed by atoms with E-state index in [1.807, 2.05) is 24.3 Å². The number of hydrogen-bond donors (Lipinski definition) is 1. The molecule has 0 aliphatic rings. The lowest BCUT2D eigenvalue weighted by molar-refractivity contribution is -0.148. The van der Waals surface area contributed by atoms with Crippen molar-refractivity contribution in [3.8, 4) is 11.5 Å². The largest absolute Gasteiger partial charge is 0.493 e. The van der Waals surface area contributed by atoms with Crippen molar-refractivity contribution in [3.05, 3.63) is 59.7 Å². The molecule has 6 heteroatoms. The highest BCUT2D eigenvalue weighted by Gasteiger charge is 2.16. The van der Waals surface area contributed by atoms with Crippen LogP contribution in [0.2, 0.25) is 0 Å². The molecule has 1 N–H and O–H groups in total. The Morgan fingerprint density at radius 3 is 2.30 bits per heavy atom. The minimum atomic E-state index is -0.982. The minimum absolute atomic E-state index is 0.0273. The minimum Gasteiger partial charge on any atom is -0.493 e. The number of ketones is 1. The van der Waals surface area contributed by atoms with Crippen molar-refractivity contribution in [3.63, 3.8) is 0 Å². The van der Waals surface area contributed by atoms with Gasteiger partial charge in [0.1, 0.15) is 11.5 Å². The van der Waals surface area contributed by atoms with Gasteiger partial charge in [0.2, 0.25) is 0 Å². The summed E-state index contributed by atoms with van der Waals surface area (Å²) in [5.74, 6) is 0.275. The van der Waals surface area contributed by atoms with Gasteiger partial charge in [-0.2, -0.15) is 0 Å². The Kier molecular flexibility index (Phi) is 7.82. The van der Waals surface area contributed by atoms with Crippen LogP contribution in [0.4, 0.5) is 0 Å². The summed E-state index contributed by atoms with van der Waals surface area (Å²) < 4.78 is 16.3. The van der Waals surface area contributed by atoms with E-state index in [4.69, 9.17) is 19.3 Å². The molecule has 0 aliphatic carbocycles. The van der Waals surface area contributed by atoms with Gasteiger partial charge >= 0.3 is 5.97 Å². The Bertz CT molecular complexity index is 754. The standard InChI is InChI=1S/C21H24O6/c1-15(22)18-6-3-4-7-19(18)27-13-5-12-26-17-10-8-16(9-11-17)14-20(25-2)21(23)24/h3-4,6-11,20H,5,12-14H2,1-2H3,(H,23,24). The van der Waals surface area contributed by atoms with Crippen LogP contribution in [0.15, 0.2) is 48.5 Å². The molecule has 144 valence electrons. The molecule has 2 aromatic rings. The second kappa shape index (κ2) is 10.3. The van der Waals surface area contributed by atoms with Crippen LogP contribution in [-0.2, 0) is 16.0 Å². The number of benzene rings is 2. The summed E-state index contributed by atoms with van der Waals surface area (Å²) in [7, 11) is 1.38. The maximum atomic E-state index is 11.5. The van der Waals surface area contributed by atoms with Crippen molar-refractivity contribution in [2.45, 2.75) is 25.9 Å². The topological polar surface area (TPSA) is 82.1 Å². The quantitative estimate of drug-likeness (QED) is 0.481. The smallest absolute Gasteiger partial charge is 0.333 e. The summed E-state index contributed by atoms with van der Waals surface area (Å²) in [5.41, 5.74) is 1.44. The van der Waals surface area contributed by atoms with Gasteiger partial charge < -0.3 is 19.3 Å². The molecule has 1 unspecified atom stereocenters. The van der Waals surface area contributed by atoms with E-state index in [-0.39, 0.29) is 5.78 Å². The van der Waals surface area contributed by atoms with Crippen molar-refractivity contribution < 1.29 is 28.9 Å². The summed E-state index contributed by atoms with van der Waals surface area (Å²) in [6.45, 7) is 2.42. The van der Waals surface area contributed by atoms with E-state index in [9.17, 15) is 9.59 Å². The highest BCUT2D eigenvalue weighted by atomic mass is 16.5. The van der Waals surface area contributed by atoms with Gasteiger partial charge in [0.05, 0.1) is 18.8 Å². The Hall–Kier alpha value is -2.86. The second-order valence-electron chi connectivity index (χ2n) is 6.01. The first kappa shape index (κ1) is 20.5. The highest BCUT2D eigenvalue weighted by molar-refractivity contribution is 5.96. The van der Waals surface area contributed by atoms with Gasteiger partial charge in [0, 0.05) is 20.0 Å². The molecule has 0 aromatic heterocycles. The van der Waals surface area contributed by atoms with Crippen LogP contribution in [-0.4, -0.2) is 43.3 Å². The van der Waals surface area contributed by atoms with Crippen LogP contribution < -0.4 is 9.47 Å². The third-order valence-electron chi connectivity index (χ3n) is 3.99. The fourth-order valence-electron chi connectivity index (χ4n) is 2.52. The summed E-state index contributed by atoms with van der Waals surface area (Å²) in [4.78, 5) is 22.5. The van der Waals surface area contributed by atoms with Crippen LogP contribution in [0.5, 0.6) is 11.5 Å². The average molecular weight is 372 g/mol. The van der Waals surface area contributed by atoms with E-state index in [1.165, 1.54) is 14.0 Å². The van der Waals surface area contributed by atoms with Crippen LogP contribution in [0, 0.1) is 0 Å². The molecule has 0 aliphatic heterocycles. The zero-order valence-corrected chi connectivity index (χ0v) is 15.5. The van der Waals surface area contributed by atoms with E-state index < -0.39 is 12.1 Å². The Labute approximate surface area is 158 Å². The number of carbonyl (C=O) groups is 2. The normalized spacial score (nSPS) is 11.6. The molecule has 0 bridgehead atoms. The predicted octanol–water partition coefficient (Wildman–Crippen LogP) is 3.38. The van der Waals surface area contributed by atoms with E-state index in [1.54, 1.807) is 24.3 Å². The van der Waals surface area contributed by atoms with Crippen molar-refractivity contribution in [1.82, 2.24) is 0 Å². The molecule has 6 nitrogen and oxygen atoms in total. The zero-order valence-electron chi connectivity index (χ0n) is 15.5. The van der Waals surface area contributed by atoms with Crippen molar-refractivity contribution in [1.29, 1.82) is 0 Å². The molecular weight excluding hydrogens is 348 g/mol. The summed E-state index contributed by atoms with van der Waals surface area (Å²) in [6, 6.07) is 14.4. The molecule has 2 rings (SSSR count). The molecule has 0 saturated heterocycles. The molecule has 1 atom stereocenters. The third-order valence-corrected chi connectivity index (χ3v) is 3.99. The Morgan fingerprint density at radius 2 is 1.67 bits per heavy atom. The van der Waals surface area contributed by atoms with Crippen LogP contribution in [0.3, 0.4) is 0 Å². The number of Topliss-reactive ketones (excluding diaryl/α,β-unsaturated/α-hetero) is 1. The fourth-order valence-corrected chi connectivity index (χ4v) is 2.52. The highest BCUT2D eigenvalue weighted by Crippen LogP contribution is 2.19. The van der Waals surface area contributed by atoms with Gasteiger partial charge in [0.25, 0.3) is 0 Å². The number of hydrogen-bond acceptors (Lipinski definition) is 5. The van der Waals surface area contributed by atoms with Gasteiger partial charge in [0.15, 0.2) is 11.9 Å². The average Bonchev–Trinajstić information content (AvgIpc) is 2.66. The third kappa shape index (κ3) is 6.42. The molecule has 0 amide bonds. The van der Waals surface area contributed by atoms with E-state index in [2.05, 4.69) is 0 Å². The molecular formula is C21H24O6. The molecule has 0 saturated carbocycles. The van der Waals surface area contributed by atoms with Crippen molar-refractivity contribution in [2.24, 2.45) is 0 Å². The number of ether oxygens (including phenoxy) is 3. The summed E-state index contributed by atoms with van der Waals surface area (Å²) >= 11 is 0. The maximum Gasteiger partial charge on any atom is 0.333 e. The molecule has 0 heterocycles. The molecule has 0 fully saturated rings. The lowest BCUT2D eigenvalue weighted by Gasteiger charge is -2.12. The summed E-state index contributed by atoms with van der Waals surface area (Å²) in [6.07, 6.45) is 0.112. The van der Waals surface area contributed by atoms with Crippen LogP contribution in [0.1, 0.15) is 29.3 Å². The SMILES string of the molecule is COC(Cc1ccc(OCCCOc2ccccc2C(C)=O)cc1)C(=O)O. The van der Waals surface area contributed by atoms with Gasteiger partial charge in [-0.25, -0.2) is 4.79 Å². The monoisotopic (exact) mass is 372 g/mol. The van der Waals surface area contributed by atoms with Gasteiger partial charge in [-0.05, 0) is 36.8 Å². The molecule has 0 spiro atoms. The van der Waals surface area contributed by atoms with Gasteiger partial charge in [-0.3, -0.25) is 4.79 Å². The Balaban J connectivity index is 1.75. The number of rotatable bonds is 11. The molecule has 27 heavy (non-hydrogen) atoms. The first-order valence-corrected chi connectivity index (χ1v) is 8.71. The lowest BCUT2D eigenvalue weighted by Crippen LogP contribution is -2.24. The number of carboxylic acid groups (broad SMARTS) is 1. The van der Waals surface area contributed by atoms with Crippen LogP contribution >= 0.6 is 0 Å². The number of methoxy groups -OCH3 is 1. The van der Waals surface area contributed by atoms with E-state index in [0.29, 0.717) is 43.1 Å². The number of carboxylic acids is 1. The summed E-state index contributed by atoms with van der Waals surface area (Å²) in [5, 5.41) is 9.01. The molecule has 0 radical (unpaired) electrons. The molecule has 2 aromatic carbocycles. The second-order valence-corrected chi connectivity index (χ2v) is 6.01. The maximum absolute atomic E-state index is 11.5. The first-order chi connectivity index (χ1) is 13.0. The van der Waals surface area contributed by atoms with E-state index in [0.717, 1.165) is 5.56 Å². The van der Waals surface area contributed by atoms with Gasteiger partial charge in [-0.1, -0.05) is 24.3 Å². The fraction of sp³-hybridized carbons (Fsp3) is 0.333. The van der Waals surface area contributed by atoms with Crippen molar-refractivity contribution in [2.75, 3.05) is 20.3 Å². The Morgan fingerprint density at radius 1 is 1.00 bits per heavy atom. The first-order valence-electron chi connectivity index (χ1n) is 8.71. The van der Waals surface area contributed by atoms with Crippen molar-refractivity contribution >= 4 is 11.8 Å². The number of aliphatic carboxylic acids is 1.